The summed E-state index contributed by atoms with van der Waals surface area (Å²) in [5.41, 5.74) is 0.886. The Morgan fingerprint density at radius 2 is 2.05 bits per heavy atom. The molecule has 6 nitrogen and oxygen atoms in total. The monoisotopic (exact) mass is 295 g/mol. The molecule has 0 radical (unpaired) electrons. The molecule has 1 N–H and O–H groups in total. The van der Waals surface area contributed by atoms with Crippen LogP contribution in [0.3, 0.4) is 0 Å². The van der Waals surface area contributed by atoms with E-state index in [0.29, 0.717) is 30.7 Å². The number of allylic oxidation sites excluding steroid dienone is 1. The van der Waals surface area contributed by atoms with E-state index in [1.165, 1.54) is 13.4 Å². The van der Waals surface area contributed by atoms with Crippen molar-refractivity contribution in [1.82, 2.24) is 4.90 Å². The van der Waals surface area contributed by atoms with E-state index >= 15 is 0 Å². The van der Waals surface area contributed by atoms with Crippen LogP contribution in [0.2, 0.25) is 0 Å². The van der Waals surface area contributed by atoms with Gasteiger partial charge >= 0.3 is 5.97 Å². The van der Waals surface area contributed by atoms with E-state index in [-0.39, 0.29) is 11.8 Å². The first-order valence-corrected chi connectivity index (χ1v) is 7.16. The summed E-state index contributed by atoms with van der Waals surface area (Å²) < 4.78 is 9.87. The summed E-state index contributed by atoms with van der Waals surface area (Å²) in [7, 11) is 1.30. The van der Waals surface area contributed by atoms with E-state index < -0.39 is 18.2 Å². The van der Waals surface area contributed by atoms with Crippen molar-refractivity contribution in [1.29, 1.82) is 0 Å². The molecule has 0 aromatic heterocycles. The Morgan fingerprint density at radius 3 is 2.62 bits per heavy atom. The summed E-state index contributed by atoms with van der Waals surface area (Å²) in [5.74, 6) is -1.38. The van der Waals surface area contributed by atoms with E-state index in [9.17, 15) is 14.7 Å². The summed E-state index contributed by atoms with van der Waals surface area (Å²) in [6.07, 6.45) is 2.45. The summed E-state index contributed by atoms with van der Waals surface area (Å²) >= 11 is 0. The van der Waals surface area contributed by atoms with Gasteiger partial charge in [0.1, 0.15) is 0 Å². The number of hydrogen-bond donors (Lipinski definition) is 1. The number of ether oxygens (including phenoxy) is 2. The van der Waals surface area contributed by atoms with Crippen LogP contribution in [0.4, 0.5) is 0 Å². The number of hydrogen-bond acceptors (Lipinski definition) is 5. The van der Waals surface area contributed by atoms with Gasteiger partial charge in [-0.05, 0) is 20.3 Å². The van der Waals surface area contributed by atoms with Crippen LogP contribution in [-0.4, -0.2) is 48.4 Å². The van der Waals surface area contributed by atoms with Crippen molar-refractivity contribution in [3.63, 3.8) is 0 Å². The lowest BCUT2D eigenvalue weighted by molar-refractivity contribution is -0.143. The topological polar surface area (TPSA) is 76.1 Å². The van der Waals surface area contributed by atoms with Crippen LogP contribution in [0.25, 0.3) is 0 Å². The molecule has 3 atom stereocenters. The van der Waals surface area contributed by atoms with Crippen molar-refractivity contribution in [2.24, 2.45) is 11.8 Å². The summed E-state index contributed by atoms with van der Waals surface area (Å²) in [6, 6.07) is 0. The van der Waals surface area contributed by atoms with Crippen molar-refractivity contribution in [2.45, 2.75) is 26.6 Å². The lowest BCUT2D eigenvalue weighted by atomic mass is 9.83. The minimum atomic E-state index is -1.11. The zero-order chi connectivity index (χ0) is 15.6. The zero-order valence-electron chi connectivity index (χ0n) is 12.5. The second-order valence-corrected chi connectivity index (χ2v) is 5.10. The van der Waals surface area contributed by atoms with Gasteiger partial charge in [-0.25, -0.2) is 4.79 Å². The van der Waals surface area contributed by atoms with Crippen molar-refractivity contribution >= 4 is 11.9 Å². The van der Waals surface area contributed by atoms with E-state index in [2.05, 4.69) is 0 Å². The average Bonchev–Trinajstić information content (AvgIpc) is 2.93. The Balaban J connectivity index is 2.25. The van der Waals surface area contributed by atoms with E-state index in [1.54, 1.807) is 11.0 Å². The third-order valence-electron chi connectivity index (χ3n) is 4.14. The molecule has 116 valence electrons. The van der Waals surface area contributed by atoms with Crippen molar-refractivity contribution in [3.05, 3.63) is 23.5 Å². The number of likely N-dealkylation sites (N-methyl/N-ethyl adjacent to an activating group) is 1. The molecule has 1 aliphatic heterocycles. The molecule has 0 saturated carbocycles. The van der Waals surface area contributed by atoms with Gasteiger partial charge in [0, 0.05) is 24.6 Å². The summed E-state index contributed by atoms with van der Waals surface area (Å²) in [4.78, 5) is 26.0. The predicted molar refractivity (Wildman–Crippen MR) is 74.8 cm³/mol. The SMILES string of the molecule is CCN(CC)C(=O)C1=CCC2C(C(=O)OC)=COC(O)C12. The fourth-order valence-corrected chi connectivity index (χ4v) is 2.98. The normalized spacial score (nSPS) is 27.1. The summed E-state index contributed by atoms with van der Waals surface area (Å²) in [5, 5.41) is 10.1. The maximum Gasteiger partial charge on any atom is 0.337 e. The van der Waals surface area contributed by atoms with Crippen LogP contribution < -0.4 is 0 Å². The molecule has 0 fully saturated rings. The Kier molecular flexibility index (Phi) is 4.67. The lowest BCUT2D eigenvalue weighted by Gasteiger charge is -2.32. The zero-order valence-corrected chi connectivity index (χ0v) is 12.5. The molecule has 21 heavy (non-hydrogen) atoms. The molecule has 6 heteroatoms. The predicted octanol–water partition coefficient (Wildman–Crippen LogP) is 0.823. The number of aliphatic hydroxyl groups is 1. The maximum absolute atomic E-state index is 12.5. The van der Waals surface area contributed by atoms with Crippen LogP contribution in [0, 0.1) is 11.8 Å². The highest BCUT2D eigenvalue weighted by molar-refractivity contribution is 5.96. The van der Waals surface area contributed by atoms with Gasteiger partial charge in [0.05, 0.1) is 24.9 Å². The first-order chi connectivity index (χ1) is 10.0. The number of rotatable bonds is 4. The van der Waals surface area contributed by atoms with Gasteiger partial charge in [-0.3, -0.25) is 4.79 Å². The highest BCUT2D eigenvalue weighted by atomic mass is 16.6. The van der Waals surface area contributed by atoms with Crippen LogP contribution in [-0.2, 0) is 19.1 Å². The fraction of sp³-hybridized carbons (Fsp3) is 0.600. The third-order valence-corrected chi connectivity index (χ3v) is 4.14. The van der Waals surface area contributed by atoms with Crippen LogP contribution in [0.5, 0.6) is 0 Å². The van der Waals surface area contributed by atoms with Crippen molar-refractivity contribution in [2.75, 3.05) is 20.2 Å². The van der Waals surface area contributed by atoms with Crippen LogP contribution >= 0.6 is 0 Å². The molecule has 1 amide bonds. The number of carbonyl (C=O) groups is 2. The molecule has 3 unspecified atom stereocenters. The lowest BCUT2D eigenvalue weighted by Crippen LogP contribution is -2.40. The molecular weight excluding hydrogens is 274 g/mol. The quantitative estimate of drug-likeness (QED) is 0.777. The molecule has 0 bridgehead atoms. The molecule has 2 rings (SSSR count). The van der Waals surface area contributed by atoms with E-state index in [4.69, 9.17) is 9.47 Å². The Hall–Kier alpha value is -1.82. The van der Waals surface area contributed by atoms with Gasteiger partial charge < -0.3 is 19.5 Å². The highest BCUT2D eigenvalue weighted by Crippen LogP contribution is 2.43. The molecule has 1 aliphatic carbocycles. The molecular formula is C15H21NO5. The molecule has 2 aliphatic rings. The van der Waals surface area contributed by atoms with Gasteiger partial charge in [-0.1, -0.05) is 6.08 Å². The standard InChI is InChI=1S/C15H21NO5/c1-4-16(5-2)13(17)10-7-6-9-11(14(18)20-3)8-21-15(19)12(9)10/h7-9,12,15,19H,4-6H2,1-3H3. The minimum Gasteiger partial charge on any atom is -0.471 e. The number of aliphatic hydroxyl groups excluding tert-OH is 1. The molecule has 0 saturated heterocycles. The number of carbonyl (C=O) groups excluding carboxylic acids is 2. The Morgan fingerprint density at radius 1 is 1.38 bits per heavy atom. The molecule has 0 aromatic carbocycles. The Bertz CT molecular complexity index is 492. The maximum atomic E-state index is 12.5. The van der Waals surface area contributed by atoms with Gasteiger partial charge in [0.15, 0.2) is 0 Å². The number of esters is 1. The van der Waals surface area contributed by atoms with Crippen LogP contribution in [0.15, 0.2) is 23.5 Å². The number of nitrogens with zero attached hydrogens (tertiary/aromatic N) is 1. The number of methoxy groups -OCH3 is 1. The molecule has 0 aromatic rings. The van der Waals surface area contributed by atoms with Gasteiger partial charge in [-0.15, -0.1) is 0 Å². The first-order valence-electron chi connectivity index (χ1n) is 7.16. The fourth-order valence-electron chi connectivity index (χ4n) is 2.98. The number of fused-ring (bicyclic) bond motifs is 1. The van der Waals surface area contributed by atoms with E-state index in [0.717, 1.165) is 0 Å². The second kappa shape index (κ2) is 6.30. The highest BCUT2D eigenvalue weighted by Gasteiger charge is 2.46. The van der Waals surface area contributed by atoms with Gasteiger partial charge in [0.2, 0.25) is 12.2 Å². The van der Waals surface area contributed by atoms with Gasteiger partial charge in [0.25, 0.3) is 0 Å². The van der Waals surface area contributed by atoms with Crippen LogP contribution in [0.1, 0.15) is 20.3 Å². The minimum absolute atomic E-state index is 0.110. The number of amides is 1. The first kappa shape index (κ1) is 15.6. The van der Waals surface area contributed by atoms with E-state index in [1.807, 2.05) is 13.8 Å². The third kappa shape index (κ3) is 2.68. The molecule has 1 heterocycles. The van der Waals surface area contributed by atoms with Crippen molar-refractivity contribution in [3.8, 4) is 0 Å². The summed E-state index contributed by atoms with van der Waals surface area (Å²) in [6.45, 7) is 5.01. The second-order valence-electron chi connectivity index (χ2n) is 5.10. The Labute approximate surface area is 124 Å². The van der Waals surface area contributed by atoms with Gasteiger partial charge in [-0.2, -0.15) is 0 Å². The molecule has 0 spiro atoms. The average molecular weight is 295 g/mol. The smallest absolute Gasteiger partial charge is 0.337 e. The largest absolute Gasteiger partial charge is 0.471 e. The van der Waals surface area contributed by atoms with Crippen molar-refractivity contribution < 1.29 is 24.2 Å².